The van der Waals surface area contributed by atoms with Crippen LogP contribution < -0.4 is 4.90 Å². The molecule has 0 unspecified atom stereocenters. The van der Waals surface area contributed by atoms with Crippen molar-refractivity contribution < 1.29 is 4.39 Å². The first-order valence-electron chi connectivity index (χ1n) is 7.64. The maximum absolute atomic E-state index is 13.1. The first kappa shape index (κ1) is 16.1. The number of aromatic nitrogens is 3. The Morgan fingerprint density at radius 2 is 2.00 bits per heavy atom. The van der Waals surface area contributed by atoms with Crippen LogP contribution in [0.1, 0.15) is 18.7 Å². The van der Waals surface area contributed by atoms with Crippen LogP contribution in [0.25, 0.3) is 11.3 Å². The highest BCUT2D eigenvalue weighted by molar-refractivity contribution is 7.16. The van der Waals surface area contributed by atoms with Crippen LogP contribution in [0, 0.1) is 17.1 Å². The Morgan fingerprint density at radius 1 is 1.25 bits per heavy atom. The molecule has 122 valence electrons. The highest BCUT2D eigenvalue weighted by Gasteiger charge is 2.20. The molecule has 0 saturated heterocycles. The van der Waals surface area contributed by atoms with E-state index in [4.69, 9.17) is 0 Å². The molecule has 0 radical (unpaired) electrons. The number of thiazole rings is 1. The summed E-state index contributed by atoms with van der Waals surface area (Å²) < 4.78 is 15.0. The number of hydrogen-bond acceptors (Lipinski definition) is 5. The van der Waals surface area contributed by atoms with Crippen molar-refractivity contribution in [2.24, 2.45) is 0 Å². The highest BCUT2D eigenvalue weighted by atomic mass is 32.1. The second-order valence-corrected chi connectivity index (χ2v) is 6.02. The van der Waals surface area contributed by atoms with Gasteiger partial charge in [0.25, 0.3) is 0 Å². The number of nitrogens with zero attached hydrogens (tertiary/aromatic N) is 5. The van der Waals surface area contributed by atoms with Crippen molar-refractivity contribution in [2.75, 3.05) is 11.4 Å². The maximum Gasteiger partial charge on any atom is 0.192 e. The van der Waals surface area contributed by atoms with Gasteiger partial charge in [0.1, 0.15) is 28.3 Å². The summed E-state index contributed by atoms with van der Waals surface area (Å²) in [6, 6.07) is 10.2. The molecule has 0 amide bonds. The second-order valence-electron chi connectivity index (χ2n) is 5.04. The topological polar surface area (TPSA) is 57.7 Å². The molecule has 0 bridgehead atoms. The molecule has 3 rings (SSSR count). The summed E-state index contributed by atoms with van der Waals surface area (Å²) in [5.74, 6) is 0.624. The van der Waals surface area contributed by atoms with Crippen molar-refractivity contribution in [3.63, 3.8) is 0 Å². The van der Waals surface area contributed by atoms with Gasteiger partial charge in [-0.1, -0.05) is 11.3 Å². The molecule has 0 saturated carbocycles. The fourth-order valence-corrected chi connectivity index (χ4v) is 3.46. The Labute approximate surface area is 143 Å². The van der Waals surface area contributed by atoms with Crippen LogP contribution in [-0.4, -0.2) is 21.3 Å². The summed E-state index contributed by atoms with van der Waals surface area (Å²) in [5.41, 5.74) is 1.31. The predicted octanol–water partition coefficient (Wildman–Crippen LogP) is 4.20. The molecule has 1 aromatic carbocycles. The molecule has 0 fully saturated rings. The van der Waals surface area contributed by atoms with E-state index in [1.807, 2.05) is 29.5 Å². The number of halogens is 1. The van der Waals surface area contributed by atoms with E-state index in [2.05, 4.69) is 16.2 Å². The molecule has 0 N–H and O–H groups in total. The van der Waals surface area contributed by atoms with Crippen LogP contribution in [0.4, 0.5) is 15.3 Å². The van der Waals surface area contributed by atoms with Gasteiger partial charge in [-0.15, -0.1) is 0 Å². The summed E-state index contributed by atoms with van der Waals surface area (Å²) in [4.78, 5) is 7.18. The van der Waals surface area contributed by atoms with Gasteiger partial charge in [0.05, 0.1) is 6.20 Å². The Balaban J connectivity index is 2.06. The third-order valence-electron chi connectivity index (χ3n) is 3.65. The van der Waals surface area contributed by atoms with E-state index >= 15 is 0 Å². The SMILES string of the molecule is CCN(c1nc(-c2ccc(F)cc2)c(C#N)s1)c1ccnn1CC. The van der Waals surface area contributed by atoms with Crippen LogP contribution >= 0.6 is 11.3 Å². The van der Waals surface area contributed by atoms with Gasteiger partial charge in [-0.2, -0.15) is 10.4 Å². The van der Waals surface area contributed by atoms with Gasteiger partial charge in [-0.3, -0.25) is 0 Å². The zero-order valence-corrected chi connectivity index (χ0v) is 14.2. The minimum absolute atomic E-state index is 0.310. The molecular weight excluding hydrogens is 325 g/mol. The van der Waals surface area contributed by atoms with Gasteiger partial charge in [0, 0.05) is 24.7 Å². The highest BCUT2D eigenvalue weighted by Crippen LogP contribution is 2.35. The summed E-state index contributed by atoms with van der Waals surface area (Å²) >= 11 is 1.33. The van der Waals surface area contributed by atoms with Gasteiger partial charge >= 0.3 is 0 Å². The minimum atomic E-state index is -0.310. The van der Waals surface area contributed by atoms with E-state index in [-0.39, 0.29) is 5.82 Å². The van der Waals surface area contributed by atoms with Crippen molar-refractivity contribution in [1.82, 2.24) is 14.8 Å². The Kier molecular flexibility index (Phi) is 4.58. The Morgan fingerprint density at radius 3 is 2.62 bits per heavy atom. The molecule has 2 heterocycles. The monoisotopic (exact) mass is 341 g/mol. The second kappa shape index (κ2) is 6.81. The Hall–Kier alpha value is -2.72. The molecule has 24 heavy (non-hydrogen) atoms. The van der Waals surface area contributed by atoms with Crippen LogP contribution in [0.5, 0.6) is 0 Å². The molecule has 0 aliphatic carbocycles. The zero-order valence-electron chi connectivity index (χ0n) is 13.4. The lowest BCUT2D eigenvalue weighted by Crippen LogP contribution is -2.19. The van der Waals surface area contributed by atoms with Crippen molar-refractivity contribution in [1.29, 1.82) is 5.26 Å². The van der Waals surface area contributed by atoms with Crippen LogP contribution in [0.3, 0.4) is 0 Å². The fraction of sp³-hybridized carbons (Fsp3) is 0.235. The van der Waals surface area contributed by atoms with Crippen LogP contribution in [0.15, 0.2) is 36.5 Å². The third kappa shape index (κ3) is 2.88. The predicted molar refractivity (Wildman–Crippen MR) is 92.8 cm³/mol. The van der Waals surface area contributed by atoms with Crippen LogP contribution in [-0.2, 0) is 6.54 Å². The largest absolute Gasteiger partial charge is 0.303 e. The standard InChI is InChI=1S/C17H16FN5S/c1-3-22(15-9-10-20-23(15)4-2)17-21-16(14(11-19)24-17)12-5-7-13(18)8-6-12/h5-10H,3-4H2,1-2H3. The summed E-state index contributed by atoms with van der Waals surface area (Å²) in [7, 11) is 0. The van der Waals surface area contributed by atoms with Gasteiger partial charge < -0.3 is 4.90 Å². The van der Waals surface area contributed by atoms with Crippen LogP contribution in [0.2, 0.25) is 0 Å². The first-order chi connectivity index (χ1) is 11.7. The normalized spacial score (nSPS) is 10.6. The van der Waals surface area contributed by atoms with E-state index in [0.29, 0.717) is 17.1 Å². The Bertz CT molecular complexity index is 875. The molecule has 0 aliphatic heterocycles. The molecule has 0 spiro atoms. The van der Waals surface area contributed by atoms with Crippen molar-refractivity contribution in [3.8, 4) is 17.3 Å². The van der Waals surface area contributed by atoms with Crippen molar-refractivity contribution in [3.05, 3.63) is 47.2 Å². The van der Waals surface area contributed by atoms with Gasteiger partial charge in [0.15, 0.2) is 5.13 Å². The lowest BCUT2D eigenvalue weighted by atomic mass is 10.1. The summed E-state index contributed by atoms with van der Waals surface area (Å²) in [5, 5.41) is 14.5. The van der Waals surface area contributed by atoms with E-state index in [1.165, 1.54) is 23.5 Å². The maximum atomic E-state index is 13.1. The van der Waals surface area contributed by atoms with E-state index < -0.39 is 0 Å². The van der Waals surface area contributed by atoms with Crippen molar-refractivity contribution in [2.45, 2.75) is 20.4 Å². The molecule has 0 atom stereocenters. The first-order valence-corrected chi connectivity index (χ1v) is 8.45. The summed E-state index contributed by atoms with van der Waals surface area (Å²) in [6.07, 6.45) is 1.75. The summed E-state index contributed by atoms with van der Waals surface area (Å²) in [6.45, 7) is 5.50. The molecular formula is C17H16FN5S. The van der Waals surface area contributed by atoms with Gasteiger partial charge in [-0.05, 0) is 38.1 Å². The number of anilines is 2. The van der Waals surface area contributed by atoms with Gasteiger partial charge in [-0.25, -0.2) is 14.1 Å². The molecule has 3 aromatic rings. The molecule has 2 aromatic heterocycles. The third-order valence-corrected chi connectivity index (χ3v) is 4.64. The number of rotatable bonds is 5. The molecule has 5 nitrogen and oxygen atoms in total. The number of aryl methyl sites for hydroxylation is 1. The van der Waals surface area contributed by atoms with Gasteiger partial charge in [0.2, 0.25) is 0 Å². The van der Waals surface area contributed by atoms with Crippen molar-refractivity contribution >= 4 is 22.3 Å². The quantitative estimate of drug-likeness (QED) is 0.698. The average molecular weight is 341 g/mol. The van der Waals surface area contributed by atoms with E-state index in [1.54, 1.807) is 18.3 Å². The fourth-order valence-electron chi connectivity index (χ4n) is 2.50. The molecule has 0 aliphatic rings. The zero-order chi connectivity index (χ0) is 17.1. The lowest BCUT2D eigenvalue weighted by molar-refractivity contribution is 0.628. The van der Waals surface area contributed by atoms with E-state index in [0.717, 1.165) is 23.1 Å². The number of nitriles is 1. The lowest BCUT2D eigenvalue weighted by Gasteiger charge is -2.20. The number of benzene rings is 1. The molecule has 7 heteroatoms. The minimum Gasteiger partial charge on any atom is -0.303 e. The smallest absolute Gasteiger partial charge is 0.192 e. The van der Waals surface area contributed by atoms with E-state index in [9.17, 15) is 9.65 Å². The number of hydrogen-bond donors (Lipinski definition) is 0. The average Bonchev–Trinajstić information content (AvgIpc) is 3.23.